The fraction of sp³-hybridized carbons (Fsp3) is 0.667. The van der Waals surface area contributed by atoms with Crippen molar-refractivity contribution >= 4 is 5.91 Å². The second-order valence-corrected chi connectivity index (χ2v) is 7.32. The lowest BCUT2D eigenvalue weighted by atomic mass is 9.78. The summed E-state index contributed by atoms with van der Waals surface area (Å²) < 4.78 is 17.4. The molecule has 2 aliphatic rings. The van der Waals surface area contributed by atoms with E-state index >= 15 is 0 Å². The molecule has 0 aliphatic carbocycles. The minimum atomic E-state index is -0.0508. The van der Waals surface area contributed by atoms with Crippen LogP contribution in [-0.4, -0.2) is 55.9 Å². The van der Waals surface area contributed by atoms with Crippen LogP contribution in [0.4, 0.5) is 0 Å². The van der Waals surface area contributed by atoms with Crippen LogP contribution in [0.1, 0.15) is 38.2 Å². The van der Waals surface area contributed by atoms with E-state index in [4.69, 9.17) is 14.2 Å². The summed E-state index contributed by atoms with van der Waals surface area (Å²) in [6.07, 6.45) is 4.00. The minimum Gasteiger partial charge on any atom is -0.484 e. The number of rotatable bonds is 7. The molecule has 1 aromatic carbocycles. The molecule has 2 saturated heterocycles. The van der Waals surface area contributed by atoms with E-state index in [2.05, 4.69) is 0 Å². The van der Waals surface area contributed by atoms with Gasteiger partial charge in [0, 0.05) is 32.9 Å². The van der Waals surface area contributed by atoms with Gasteiger partial charge in [-0.15, -0.1) is 0 Å². The number of aryl methyl sites for hydroxylation is 1. The average molecular weight is 361 g/mol. The maximum Gasteiger partial charge on any atom is 0.260 e. The predicted octanol–water partition coefficient (Wildman–Crippen LogP) is 3.20. The first kappa shape index (κ1) is 19.2. The van der Waals surface area contributed by atoms with Gasteiger partial charge in [0.2, 0.25) is 0 Å². The number of ether oxygens (including phenoxy) is 3. The van der Waals surface area contributed by atoms with Crippen molar-refractivity contribution in [3.63, 3.8) is 0 Å². The normalized spacial score (nSPS) is 21.9. The SMILES string of the molecule is CCOCCC1CCOC12CCN(C(=O)COc1ccccc1C)CC2. The maximum atomic E-state index is 12.5. The van der Waals surface area contributed by atoms with E-state index in [1.165, 1.54) is 0 Å². The highest BCUT2D eigenvalue weighted by molar-refractivity contribution is 5.78. The number of carbonyl (C=O) groups is 1. The topological polar surface area (TPSA) is 48.0 Å². The number of piperidine rings is 1. The maximum absolute atomic E-state index is 12.5. The van der Waals surface area contributed by atoms with Gasteiger partial charge in [-0.1, -0.05) is 18.2 Å². The molecule has 2 heterocycles. The molecule has 1 spiro atoms. The number of carbonyl (C=O) groups excluding carboxylic acids is 1. The summed E-state index contributed by atoms with van der Waals surface area (Å²) in [5.74, 6) is 1.39. The molecule has 0 aromatic heterocycles. The molecule has 5 heteroatoms. The molecule has 1 aromatic rings. The van der Waals surface area contributed by atoms with Gasteiger partial charge >= 0.3 is 0 Å². The lowest BCUT2D eigenvalue weighted by molar-refractivity contribution is -0.139. The van der Waals surface area contributed by atoms with E-state index in [1.54, 1.807) is 0 Å². The van der Waals surface area contributed by atoms with Crippen molar-refractivity contribution in [1.29, 1.82) is 0 Å². The number of hydrogen-bond donors (Lipinski definition) is 0. The molecular formula is C21H31NO4. The lowest BCUT2D eigenvalue weighted by Crippen LogP contribution is -2.50. The van der Waals surface area contributed by atoms with E-state index in [1.807, 2.05) is 43.0 Å². The Morgan fingerprint density at radius 3 is 2.81 bits per heavy atom. The molecule has 0 N–H and O–H groups in total. The smallest absolute Gasteiger partial charge is 0.260 e. The van der Waals surface area contributed by atoms with E-state index in [0.717, 1.165) is 69.9 Å². The molecule has 1 amide bonds. The van der Waals surface area contributed by atoms with Crippen LogP contribution in [0.2, 0.25) is 0 Å². The fourth-order valence-corrected chi connectivity index (χ4v) is 4.20. The Morgan fingerprint density at radius 2 is 2.08 bits per heavy atom. The Balaban J connectivity index is 1.48. The van der Waals surface area contributed by atoms with Crippen molar-refractivity contribution in [3.05, 3.63) is 29.8 Å². The molecule has 0 radical (unpaired) electrons. The molecule has 3 rings (SSSR count). The summed E-state index contributed by atoms with van der Waals surface area (Å²) in [6.45, 7) is 8.03. The third-order valence-corrected chi connectivity index (χ3v) is 5.82. The van der Waals surface area contributed by atoms with Crippen molar-refractivity contribution in [2.75, 3.05) is 39.5 Å². The number of benzene rings is 1. The first-order valence-electron chi connectivity index (χ1n) is 9.82. The summed E-state index contributed by atoms with van der Waals surface area (Å²) in [5, 5.41) is 0. The number of para-hydroxylation sites is 1. The Kier molecular flexibility index (Phi) is 6.54. The van der Waals surface area contributed by atoms with Gasteiger partial charge in [-0.3, -0.25) is 4.79 Å². The summed E-state index contributed by atoms with van der Waals surface area (Å²) in [4.78, 5) is 14.4. The zero-order valence-corrected chi connectivity index (χ0v) is 16.0. The van der Waals surface area contributed by atoms with E-state index < -0.39 is 0 Å². The first-order valence-corrected chi connectivity index (χ1v) is 9.82. The van der Waals surface area contributed by atoms with Crippen molar-refractivity contribution in [1.82, 2.24) is 4.90 Å². The van der Waals surface area contributed by atoms with Crippen LogP contribution in [-0.2, 0) is 14.3 Å². The van der Waals surface area contributed by atoms with Gasteiger partial charge in [0.05, 0.1) is 5.60 Å². The second-order valence-electron chi connectivity index (χ2n) is 7.32. The summed E-state index contributed by atoms with van der Waals surface area (Å²) in [6, 6.07) is 7.79. The van der Waals surface area contributed by atoms with E-state index in [-0.39, 0.29) is 18.1 Å². The third kappa shape index (κ3) is 4.38. The molecule has 0 bridgehead atoms. The summed E-state index contributed by atoms with van der Waals surface area (Å²) in [7, 11) is 0. The lowest BCUT2D eigenvalue weighted by Gasteiger charge is -2.42. The first-order chi connectivity index (χ1) is 12.6. The number of nitrogens with zero attached hydrogens (tertiary/aromatic N) is 1. The largest absolute Gasteiger partial charge is 0.484 e. The van der Waals surface area contributed by atoms with Crippen LogP contribution < -0.4 is 4.74 Å². The molecular weight excluding hydrogens is 330 g/mol. The molecule has 2 aliphatic heterocycles. The van der Waals surface area contributed by atoms with E-state index in [9.17, 15) is 4.79 Å². The zero-order chi connectivity index (χ0) is 18.4. The molecule has 5 nitrogen and oxygen atoms in total. The van der Waals surface area contributed by atoms with Gasteiger partial charge in [0.15, 0.2) is 6.61 Å². The molecule has 1 unspecified atom stereocenters. The molecule has 26 heavy (non-hydrogen) atoms. The molecule has 0 saturated carbocycles. The van der Waals surface area contributed by atoms with Gasteiger partial charge in [0.25, 0.3) is 5.91 Å². The van der Waals surface area contributed by atoms with Crippen molar-refractivity contribution in [2.45, 2.75) is 45.1 Å². The minimum absolute atomic E-state index is 0.0508. The number of amides is 1. The van der Waals surface area contributed by atoms with Gasteiger partial charge in [0.1, 0.15) is 5.75 Å². The molecule has 2 fully saturated rings. The van der Waals surface area contributed by atoms with Gasteiger partial charge in [-0.05, 0) is 57.1 Å². The summed E-state index contributed by atoms with van der Waals surface area (Å²) >= 11 is 0. The quantitative estimate of drug-likeness (QED) is 0.700. The summed E-state index contributed by atoms with van der Waals surface area (Å²) in [5.41, 5.74) is 1.000. The number of hydrogen-bond acceptors (Lipinski definition) is 4. The monoisotopic (exact) mass is 361 g/mol. The van der Waals surface area contributed by atoms with Crippen LogP contribution in [0.5, 0.6) is 5.75 Å². The fourth-order valence-electron chi connectivity index (χ4n) is 4.20. The Morgan fingerprint density at radius 1 is 1.31 bits per heavy atom. The Hall–Kier alpha value is -1.59. The highest BCUT2D eigenvalue weighted by atomic mass is 16.5. The highest BCUT2D eigenvalue weighted by Crippen LogP contribution is 2.42. The van der Waals surface area contributed by atoms with Crippen LogP contribution in [0, 0.1) is 12.8 Å². The average Bonchev–Trinajstić information content (AvgIpc) is 3.04. The predicted molar refractivity (Wildman–Crippen MR) is 100 cm³/mol. The van der Waals surface area contributed by atoms with Crippen molar-refractivity contribution < 1.29 is 19.0 Å². The Labute approximate surface area is 156 Å². The molecule has 144 valence electrons. The standard InChI is InChI=1S/C21H31NO4/c1-3-24-14-8-18-9-15-26-21(18)10-12-22(13-11-21)20(23)16-25-19-7-5-4-6-17(19)2/h4-7,18H,3,8-16H2,1-2H3. The van der Waals surface area contributed by atoms with Gasteiger partial charge in [-0.25, -0.2) is 0 Å². The Bertz CT molecular complexity index is 595. The van der Waals surface area contributed by atoms with Crippen LogP contribution in [0.3, 0.4) is 0 Å². The van der Waals surface area contributed by atoms with Crippen LogP contribution >= 0.6 is 0 Å². The second kappa shape index (κ2) is 8.87. The third-order valence-electron chi connectivity index (χ3n) is 5.82. The highest BCUT2D eigenvalue weighted by Gasteiger charge is 2.46. The zero-order valence-electron chi connectivity index (χ0n) is 16.0. The van der Waals surface area contributed by atoms with Gasteiger partial charge in [-0.2, -0.15) is 0 Å². The van der Waals surface area contributed by atoms with E-state index in [0.29, 0.717) is 5.92 Å². The number of likely N-dealkylation sites (tertiary alicyclic amines) is 1. The van der Waals surface area contributed by atoms with Crippen LogP contribution in [0.25, 0.3) is 0 Å². The van der Waals surface area contributed by atoms with Gasteiger partial charge < -0.3 is 19.1 Å². The molecule has 1 atom stereocenters. The van der Waals surface area contributed by atoms with Crippen molar-refractivity contribution in [2.24, 2.45) is 5.92 Å². The van der Waals surface area contributed by atoms with Crippen molar-refractivity contribution in [3.8, 4) is 5.75 Å². The van der Waals surface area contributed by atoms with Crippen LogP contribution in [0.15, 0.2) is 24.3 Å².